The Labute approximate surface area is 111 Å². The highest BCUT2D eigenvalue weighted by atomic mass is 16.1. The molecule has 19 heavy (non-hydrogen) atoms. The van der Waals surface area contributed by atoms with E-state index in [1.54, 1.807) is 17.0 Å². The Morgan fingerprint density at radius 3 is 2.95 bits per heavy atom. The molecule has 4 nitrogen and oxygen atoms in total. The average Bonchev–Trinajstić information content (AvgIpc) is 2.42. The Balaban J connectivity index is 2.38. The van der Waals surface area contributed by atoms with Crippen LogP contribution in [-0.4, -0.2) is 16.1 Å². The van der Waals surface area contributed by atoms with Gasteiger partial charge in [-0.2, -0.15) is 0 Å². The summed E-state index contributed by atoms with van der Waals surface area (Å²) < 4.78 is 1.58. The summed E-state index contributed by atoms with van der Waals surface area (Å²) in [5.41, 5.74) is 7.95. The Hall–Kier alpha value is -2.38. The highest BCUT2D eigenvalue weighted by Crippen LogP contribution is 2.08. The van der Waals surface area contributed by atoms with Gasteiger partial charge in [0.05, 0.1) is 13.1 Å². The summed E-state index contributed by atoms with van der Waals surface area (Å²) in [5.74, 6) is 5.85. The molecular weight excluding hydrogens is 238 g/mol. The largest absolute Gasteiger partial charge is 0.347 e. The van der Waals surface area contributed by atoms with Crippen LogP contribution in [0.4, 0.5) is 0 Å². The van der Waals surface area contributed by atoms with Crippen molar-refractivity contribution < 1.29 is 0 Å². The van der Waals surface area contributed by atoms with Crippen LogP contribution < -0.4 is 11.4 Å². The fraction of sp³-hybridized carbons (Fsp3) is 0.200. The van der Waals surface area contributed by atoms with E-state index in [2.05, 4.69) is 16.8 Å². The summed E-state index contributed by atoms with van der Waals surface area (Å²) in [4.78, 5) is 15.5. The van der Waals surface area contributed by atoms with Crippen LogP contribution in [0.5, 0.6) is 0 Å². The third-order valence-electron chi connectivity index (χ3n) is 2.67. The van der Waals surface area contributed by atoms with E-state index in [0.717, 1.165) is 16.7 Å². The zero-order chi connectivity index (χ0) is 13.7. The molecule has 1 heterocycles. The zero-order valence-corrected chi connectivity index (χ0v) is 10.8. The van der Waals surface area contributed by atoms with E-state index in [0.29, 0.717) is 13.1 Å². The summed E-state index contributed by atoms with van der Waals surface area (Å²) >= 11 is 0. The molecule has 0 amide bonds. The molecule has 0 aliphatic carbocycles. The predicted molar refractivity (Wildman–Crippen MR) is 74.7 cm³/mol. The van der Waals surface area contributed by atoms with Gasteiger partial charge in [-0.05, 0) is 24.1 Å². The molecule has 0 saturated carbocycles. The van der Waals surface area contributed by atoms with Crippen molar-refractivity contribution in [3.63, 3.8) is 0 Å². The molecule has 1 aromatic carbocycles. The van der Waals surface area contributed by atoms with Gasteiger partial charge in [0.15, 0.2) is 0 Å². The van der Waals surface area contributed by atoms with Crippen molar-refractivity contribution in [3.05, 3.63) is 63.8 Å². The minimum atomic E-state index is -0.257. The Kier molecular flexibility index (Phi) is 4.11. The van der Waals surface area contributed by atoms with Gasteiger partial charge in [0.1, 0.15) is 0 Å². The third-order valence-corrected chi connectivity index (χ3v) is 2.67. The number of hydrogen-bond donors (Lipinski definition) is 1. The summed E-state index contributed by atoms with van der Waals surface area (Å²) in [6.07, 6.45) is 3.36. The molecule has 0 spiro atoms. The quantitative estimate of drug-likeness (QED) is 0.809. The highest BCUT2D eigenvalue weighted by Gasteiger charge is 2.03. The molecule has 2 N–H and O–H groups in total. The Morgan fingerprint density at radius 2 is 2.16 bits per heavy atom. The fourth-order valence-corrected chi connectivity index (χ4v) is 1.79. The van der Waals surface area contributed by atoms with Crippen LogP contribution >= 0.6 is 0 Å². The van der Waals surface area contributed by atoms with Crippen LogP contribution in [0.25, 0.3) is 0 Å². The maximum atomic E-state index is 11.7. The van der Waals surface area contributed by atoms with Crippen LogP contribution in [0, 0.1) is 18.8 Å². The molecule has 4 heteroatoms. The topological polar surface area (TPSA) is 60.9 Å². The number of rotatable bonds is 2. The first-order chi connectivity index (χ1) is 9.20. The average molecular weight is 253 g/mol. The molecule has 96 valence electrons. The number of aromatic nitrogens is 2. The van der Waals surface area contributed by atoms with E-state index in [1.165, 1.54) is 0 Å². The summed E-state index contributed by atoms with van der Waals surface area (Å²) in [7, 11) is 0. The first-order valence-electron chi connectivity index (χ1n) is 6.00. The van der Waals surface area contributed by atoms with Gasteiger partial charge < -0.3 is 5.73 Å². The number of nitrogens with two attached hydrogens (primary N) is 1. The number of aryl methyl sites for hydroxylation is 1. The lowest BCUT2D eigenvalue weighted by Gasteiger charge is -2.07. The normalized spacial score (nSPS) is 9.79. The van der Waals surface area contributed by atoms with Crippen molar-refractivity contribution in [1.29, 1.82) is 0 Å². The van der Waals surface area contributed by atoms with Crippen molar-refractivity contribution in [1.82, 2.24) is 9.55 Å². The molecule has 0 atom stereocenters. The summed E-state index contributed by atoms with van der Waals surface area (Å²) in [6.45, 7) is 2.69. The van der Waals surface area contributed by atoms with Crippen molar-refractivity contribution in [3.8, 4) is 11.8 Å². The monoisotopic (exact) mass is 253 g/mol. The first kappa shape index (κ1) is 13.1. The van der Waals surface area contributed by atoms with Crippen LogP contribution in [0.1, 0.15) is 16.7 Å². The Bertz CT molecular complexity index is 692. The van der Waals surface area contributed by atoms with E-state index < -0.39 is 0 Å². The molecule has 0 aliphatic heterocycles. The zero-order valence-electron chi connectivity index (χ0n) is 10.8. The van der Waals surface area contributed by atoms with Gasteiger partial charge >= 0.3 is 5.69 Å². The van der Waals surface area contributed by atoms with Gasteiger partial charge in [-0.25, -0.2) is 9.78 Å². The van der Waals surface area contributed by atoms with E-state index >= 15 is 0 Å². The second kappa shape index (κ2) is 5.98. The fourth-order valence-electron chi connectivity index (χ4n) is 1.79. The number of hydrogen-bond acceptors (Lipinski definition) is 3. The Morgan fingerprint density at radius 1 is 1.37 bits per heavy atom. The van der Waals surface area contributed by atoms with Gasteiger partial charge in [0.25, 0.3) is 0 Å². The minimum absolute atomic E-state index is 0.257. The van der Waals surface area contributed by atoms with E-state index in [-0.39, 0.29) is 5.69 Å². The van der Waals surface area contributed by atoms with Gasteiger partial charge in [-0.3, -0.25) is 4.57 Å². The number of benzene rings is 1. The minimum Gasteiger partial charge on any atom is -0.320 e. The van der Waals surface area contributed by atoms with Crippen LogP contribution in [0.2, 0.25) is 0 Å². The molecule has 1 aromatic heterocycles. The van der Waals surface area contributed by atoms with Gasteiger partial charge in [0.2, 0.25) is 0 Å². The lowest BCUT2D eigenvalue weighted by molar-refractivity contribution is 0.720. The van der Waals surface area contributed by atoms with Crippen molar-refractivity contribution in [2.24, 2.45) is 5.73 Å². The third kappa shape index (κ3) is 3.30. The van der Waals surface area contributed by atoms with Crippen molar-refractivity contribution >= 4 is 0 Å². The van der Waals surface area contributed by atoms with E-state index in [4.69, 9.17) is 5.73 Å². The van der Waals surface area contributed by atoms with E-state index in [9.17, 15) is 4.79 Å². The highest BCUT2D eigenvalue weighted by molar-refractivity contribution is 5.41. The lowest BCUT2D eigenvalue weighted by atomic mass is 10.1. The molecule has 0 radical (unpaired) electrons. The number of nitrogens with zero attached hydrogens (tertiary/aromatic N) is 2. The molecule has 0 bridgehead atoms. The van der Waals surface area contributed by atoms with Crippen molar-refractivity contribution in [2.45, 2.75) is 13.5 Å². The van der Waals surface area contributed by atoms with Gasteiger partial charge in [-0.15, -0.1) is 0 Å². The van der Waals surface area contributed by atoms with E-state index in [1.807, 2.05) is 31.2 Å². The molecule has 0 unspecified atom stereocenters. The molecule has 0 aliphatic rings. The second-order valence-electron chi connectivity index (χ2n) is 4.20. The predicted octanol–water partition coefficient (Wildman–Crippen LogP) is 0.910. The molecule has 0 fully saturated rings. The van der Waals surface area contributed by atoms with Crippen LogP contribution in [-0.2, 0) is 6.54 Å². The molecular formula is C15H15N3O. The van der Waals surface area contributed by atoms with Gasteiger partial charge in [0, 0.05) is 18.0 Å². The van der Waals surface area contributed by atoms with Gasteiger partial charge in [-0.1, -0.05) is 30.0 Å². The SMILES string of the molecule is Cc1cnc(=O)n(Cc2ccccc2C#CCN)c1. The molecule has 2 rings (SSSR count). The maximum absolute atomic E-state index is 11.7. The smallest absolute Gasteiger partial charge is 0.320 e. The van der Waals surface area contributed by atoms with Crippen LogP contribution in [0.3, 0.4) is 0 Å². The molecule has 2 aromatic rings. The molecule has 0 saturated heterocycles. The second-order valence-corrected chi connectivity index (χ2v) is 4.20. The lowest BCUT2D eigenvalue weighted by Crippen LogP contribution is -2.23. The van der Waals surface area contributed by atoms with Crippen molar-refractivity contribution in [2.75, 3.05) is 6.54 Å². The standard InChI is InChI=1S/C15H15N3O/c1-12-9-17-15(19)18(10-12)11-14-6-3-2-5-13(14)7-4-8-16/h2-3,5-6,9-10H,8,11,16H2,1H3. The first-order valence-corrected chi connectivity index (χ1v) is 6.00. The summed E-state index contributed by atoms with van der Waals surface area (Å²) in [5, 5.41) is 0. The summed E-state index contributed by atoms with van der Waals surface area (Å²) in [6, 6.07) is 7.72. The van der Waals surface area contributed by atoms with Crippen LogP contribution in [0.15, 0.2) is 41.5 Å². The maximum Gasteiger partial charge on any atom is 0.347 e.